The van der Waals surface area contributed by atoms with E-state index in [1.54, 1.807) is 0 Å². The zero-order valence-electron chi connectivity index (χ0n) is 10.3. The summed E-state index contributed by atoms with van der Waals surface area (Å²) >= 11 is 6.27. The Kier molecular flexibility index (Phi) is 3.22. The SMILES string of the molecule is NC1(c2ccc(OC3COC3)c(Cl)c2)CCCC1. The highest BCUT2D eigenvalue weighted by Crippen LogP contribution is 2.39. The van der Waals surface area contributed by atoms with Crippen molar-refractivity contribution in [2.45, 2.75) is 37.3 Å². The number of halogens is 1. The molecule has 3 nitrogen and oxygen atoms in total. The average molecular weight is 268 g/mol. The van der Waals surface area contributed by atoms with Gasteiger partial charge in [-0.2, -0.15) is 0 Å². The fourth-order valence-corrected chi connectivity index (χ4v) is 2.89. The standard InChI is InChI=1S/C14H18ClNO2/c15-12-7-10(14(16)5-1-2-6-14)3-4-13(12)18-11-8-17-9-11/h3-4,7,11H,1-2,5-6,8-9,16H2. The third kappa shape index (κ3) is 2.22. The van der Waals surface area contributed by atoms with Gasteiger partial charge in [-0.3, -0.25) is 0 Å². The molecule has 98 valence electrons. The van der Waals surface area contributed by atoms with Gasteiger partial charge in [-0.15, -0.1) is 0 Å². The van der Waals surface area contributed by atoms with Crippen LogP contribution in [0.3, 0.4) is 0 Å². The van der Waals surface area contributed by atoms with Crippen molar-refractivity contribution in [2.24, 2.45) is 5.73 Å². The number of benzene rings is 1. The topological polar surface area (TPSA) is 44.5 Å². The summed E-state index contributed by atoms with van der Waals surface area (Å²) in [5.74, 6) is 0.732. The highest BCUT2D eigenvalue weighted by atomic mass is 35.5. The van der Waals surface area contributed by atoms with Gasteiger partial charge < -0.3 is 15.2 Å². The zero-order valence-corrected chi connectivity index (χ0v) is 11.1. The number of hydrogen-bond donors (Lipinski definition) is 1. The first-order valence-corrected chi connectivity index (χ1v) is 6.88. The number of ether oxygens (including phenoxy) is 2. The second-order valence-corrected chi connectivity index (χ2v) is 5.69. The van der Waals surface area contributed by atoms with Gasteiger partial charge in [-0.1, -0.05) is 30.5 Å². The molecule has 1 aromatic rings. The summed E-state index contributed by atoms with van der Waals surface area (Å²) in [5, 5.41) is 0.649. The van der Waals surface area contributed by atoms with Gasteiger partial charge in [-0.25, -0.2) is 0 Å². The maximum Gasteiger partial charge on any atom is 0.145 e. The molecule has 3 rings (SSSR count). The molecule has 18 heavy (non-hydrogen) atoms. The average Bonchev–Trinajstić information content (AvgIpc) is 2.73. The molecule has 1 saturated carbocycles. The summed E-state index contributed by atoms with van der Waals surface area (Å²) in [5.41, 5.74) is 7.35. The Labute approximate surface area is 112 Å². The maximum atomic E-state index is 6.42. The summed E-state index contributed by atoms with van der Waals surface area (Å²) in [6.45, 7) is 1.30. The minimum Gasteiger partial charge on any atom is -0.484 e. The lowest BCUT2D eigenvalue weighted by molar-refractivity contribution is -0.0796. The van der Waals surface area contributed by atoms with Crippen LogP contribution in [0.1, 0.15) is 31.2 Å². The first-order valence-electron chi connectivity index (χ1n) is 6.51. The van der Waals surface area contributed by atoms with Crippen LogP contribution in [0.5, 0.6) is 5.75 Å². The lowest BCUT2D eigenvalue weighted by atomic mass is 9.89. The van der Waals surface area contributed by atoms with Gasteiger partial charge >= 0.3 is 0 Å². The van der Waals surface area contributed by atoms with Gasteiger partial charge in [-0.05, 0) is 30.5 Å². The summed E-state index contributed by atoms with van der Waals surface area (Å²) < 4.78 is 10.8. The highest BCUT2D eigenvalue weighted by molar-refractivity contribution is 6.32. The summed E-state index contributed by atoms with van der Waals surface area (Å²) in [6, 6.07) is 5.94. The third-order valence-corrected chi connectivity index (χ3v) is 4.20. The van der Waals surface area contributed by atoms with Crippen molar-refractivity contribution in [3.63, 3.8) is 0 Å². The second-order valence-electron chi connectivity index (χ2n) is 5.29. The van der Waals surface area contributed by atoms with Crippen LogP contribution in [0, 0.1) is 0 Å². The van der Waals surface area contributed by atoms with Gasteiger partial charge in [0.15, 0.2) is 0 Å². The van der Waals surface area contributed by atoms with Crippen LogP contribution in [0.15, 0.2) is 18.2 Å². The normalized spacial score (nSPS) is 22.8. The molecule has 1 aromatic carbocycles. The van der Waals surface area contributed by atoms with Crippen LogP contribution in [-0.2, 0) is 10.3 Å². The predicted molar refractivity (Wildman–Crippen MR) is 71.0 cm³/mol. The lowest BCUT2D eigenvalue weighted by Crippen LogP contribution is -2.38. The van der Waals surface area contributed by atoms with E-state index in [2.05, 4.69) is 0 Å². The monoisotopic (exact) mass is 267 g/mol. The van der Waals surface area contributed by atoms with Crippen molar-refractivity contribution in [3.05, 3.63) is 28.8 Å². The van der Waals surface area contributed by atoms with Gasteiger partial charge in [0, 0.05) is 5.54 Å². The first kappa shape index (κ1) is 12.3. The highest BCUT2D eigenvalue weighted by Gasteiger charge is 2.31. The molecule has 1 aliphatic heterocycles. The molecule has 0 bridgehead atoms. The van der Waals surface area contributed by atoms with E-state index in [1.807, 2.05) is 18.2 Å². The second kappa shape index (κ2) is 4.72. The minimum absolute atomic E-state index is 0.145. The molecule has 2 fully saturated rings. The van der Waals surface area contributed by atoms with Crippen molar-refractivity contribution in [2.75, 3.05) is 13.2 Å². The Morgan fingerprint density at radius 3 is 2.56 bits per heavy atom. The molecule has 0 atom stereocenters. The molecular weight excluding hydrogens is 250 g/mol. The Hall–Kier alpha value is -0.770. The fraction of sp³-hybridized carbons (Fsp3) is 0.571. The smallest absolute Gasteiger partial charge is 0.145 e. The molecule has 4 heteroatoms. The minimum atomic E-state index is -0.193. The predicted octanol–water partition coefficient (Wildman–Crippen LogP) is 2.85. The van der Waals surface area contributed by atoms with Crippen LogP contribution in [-0.4, -0.2) is 19.3 Å². The van der Waals surface area contributed by atoms with Gasteiger partial charge in [0.25, 0.3) is 0 Å². The molecule has 0 amide bonds. The van der Waals surface area contributed by atoms with Crippen molar-refractivity contribution in [3.8, 4) is 5.75 Å². The molecule has 1 aliphatic carbocycles. The molecule has 2 N–H and O–H groups in total. The summed E-state index contributed by atoms with van der Waals surface area (Å²) in [7, 11) is 0. The van der Waals surface area contributed by atoms with Crippen molar-refractivity contribution in [1.82, 2.24) is 0 Å². The van der Waals surface area contributed by atoms with E-state index in [9.17, 15) is 0 Å². The molecule has 0 aromatic heterocycles. The largest absolute Gasteiger partial charge is 0.484 e. The fourth-order valence-electron chi connectivity index (χ4n) is 2.66. The lowest BCUT2D eigenvalue weighted by Gasteiger charge is -2.28. The van der Waals surface area contributed by atoms with Crippen LogP contribution in [0.25, 0.3) is 0 Å². The summed E-state index contributed by atoms with van der Waals surface area (Å²) in [6.07, 6.45) is 4.63. The van der Waals surface area contributed by atoms with E-state index in [0.29, 0.717) is 18.2 Å². The van der Waals surface area contributed by atoms with Crippen LogP contribution in [0.4, 0.5) is 0 Å². The van der Waals surface area contributed by atoms with Crippen LogP contribution in [0.2, 0.25) is 5.02 Å². The quantitative estimate of drug-likeness (QED) is 0.916. The van der Waals surface area contributed by atoms with Crippen molar-refractivity contribution < 1.29 is 9.47 Å². The molecule has 0 radical (unpaired) electrons. The molecular formula is C14H18ClNO2. The molecule has 1 saturated heterocycles. The Balaban J connectivity index is 1.79. The Morgan fingerprint density at radius 1 is 1.28 bits per heavy atom. The molecule has 1 heterocycles. The molecule has 0 spiro atoms. The van der Waals surface area contributed by atoms with Crippen LogP contribution >= 0.6 is 11.6 Å². The number of nitrogens with two attached hydrogens (primary N) is 1. The first-order chi connectivity index (χ1) is 8.67. The molecule has 2 aliphatic rings. The number of hydrogen-bond acceptors (Lipinski definition) is 3. The zero-order chi connectivity index (χ0) is 12.6. The number of rotatable bonds is 3. The Bertz CT molecular complexity index is 439. The van der Waals surface area contributed by atoms with E-state index < -0.39 is 0 Å². The van der Waals surface area contributed by atoms with E-state index in [4.69, 9.17) is 26.8 Å². The van der Waals surface area contributed by atoms with Gasteiger partial charge in [0.1, 0.15) is 11.9 Å². The van der Waals surface area contributed by atoms with Gasteiger partial charge in [0.2, 0.25) is 0 Å². The summed E-state index contributed by atoms with van der Waals surface area (Å²) in [4.78, 5) is 0. The van der Waals surface area contributed by atoms with Crippen molar-refractivity contribution in [1.29, 1.82) is 0 Å². The maximum absolute atomic E-state index is 6.42. The Morgan fingerprint density at radius 2 is 2.00 bits per heavy atom. The van der Waals surface area contributed by atoms with Crippen LogP contribution < -0.4 is 10.5 Å². The van der Waals surface area contributed by atoms with E-state index in [1.165, 1.54) is 12.8 Å². The molecule has 0 unspecified atom stereocenters. The van der Waals surface area contributed by atoms with Gasteiger partial charge in [0.05, 0.1) is 18.2 Å². The third-order valence-electron chi connectivity index (χ3n) is 3.90. The van der Waals surface area contributed by atoms with Crippen molar-refractivity contribution >= 4 is 11.6 Å². The van der Waals surface area contributed by atoms with E-state index in [-0.39, 0.29) is 11.6 Å². The van der Waals surface area contributed by atoms with E-state index >= 15 is 0 Å². The van der Waals surface area contributed by atoms with E-state index in [0.717, 1.165) is 24.2 Å².